The zero-order valence-electron chi connectivity index (χ0n) is 14.8. The van der Waals surface area contributed by atoms with Gasteiger partial charge in [0.25, 0.3) is 0 Å². The number of hydrogen-bond acceptors (Lipinski definition) is 5. The molecule has 0 radical (unpaired) electrons. The number of ether oxygens (including phenoxy) is 1. The van der Waals surface area contributed by atoms with Crippen molar-refractivity contribution in [1.82, 2.24) is 20.8 Å². The maximum atomic E-state index is 12.2. The Morgan fingerprint density at radius 2 is 2.04 bits per heavy atom. The van der Waals surface area contributed by atoms with E-state index in [0.717, 1.165) is 12.8 Å². The number of urea groups is 1. The number of rotatable bonds is 6. The molecule has 0 spiro atoms. The molecule has 1 atom stereocenters. The Bertz CT molecular complexity index is 718. The molecule has 2 amide bonds. The van der Waals surface area contributed by atoms with E-state index in [0.29, 0.717) is 18.3 Å². The van der Waals surface area contributed by atoms with Gasteiger partial charge in [0.2, 0.25) is 5.89 Å². The minimum atomic E-state index is -0.281. The number of nitrogens with one attached hydrogen (secondary N) is 2. The number of carbonyl (C=O) groups excluding carboxylic acids is 1. The quantitative estimate of drug-likeness (QED) is 0.840. The molecule has 1 aliphatic carbocycles. The molecule has 7 nitrogen and oxygen atoms in total. The molecule has 1 aromatic heterocycles. The van der Waals surface area contributed by atoms with Crippen molar-refractivity contribution in [1.29, 1.82) is 0 Å². The summed E-state index contributed by atoms with van der Waals surface area (Å²) >= 11 is 0. The van der Waals surface area contributed by atoms with E-state index in [9.17, 15) is 4.79 Å². The second-order valence-electron chi connectivity index (χ2n) is 6.63. The Hall–Kier alpha value is -2.41. The van der Waals surface area contributed by atoms with Gasteiger partial charge in [-0.1, -0.05) is 29.4 Å². The average molecular weight is 344 g/mol. The van der Waals surface area contributed by atoms with Gasteiger partial charge in [0.1, 0.15) is 6.10 Å². The lowest BCUT2D eigenvalue weighted by molar-refractivity contribution is 0.0683. The molecule has 0 bridgehead atoms. The van der Waals surface area contributed by atoms with Crippen LogP contribution in [0.2, 0.25) is 0 Å². The average Bonchev–Trinajstić information content (AvgIpc) is 3.16. The van der Waals surface area contributed by atoms with Gasteiger partial charge in [-0.3, -0.25) is 0 Å². The Morgan fingerprint density at radius 1 is 1.36 bits per heavy atom. The molecule has 2 N–H and O–H groups in total. The number of amides is 2. The van der Waals surface area contributed by atoms with Gasteiger partial charge in [-0.15, -0.1) is 0 Å². The van der Waals surface area contributed by atoms with Crippen molar-refractivity contribution in [3.8, 4) is 0 Å². The van der Waals surface area contributed by atoms with Crippen LogP contribution in [-0.2, 0) is 24.1 Å². The van der Waals surface area contributed by atoms with Gasteiger partial charge in [0, 0.05) is 12.1 Å². The molecule has 1 aromatic carbocycles. The lowest BCUT2D eigenvalue weighted by atomic mass is 9.99. The van der Waals surface area contributed by atoms with Crippen LogP contribution in [0, 0.1) is 0 Å². The number of carbonyl (C=O) groups is 1. The lowest BCUT2D eigenvalue weighted by Crippen LogP contribution is -2.50. The summed E-state index contributed by atoms with van der Waals surface area (Å²) in [4.78, 5) is 16.5. The Labute approximate surface area is 147 Å². The summed E-state index contributed by atoms with van der Waals surface area (Å²) in [5.41, 5.74) is 2.30. The third kappa shape index (κ3) is 4.17. The van der Waals surface area contributed by atoms with Crippen LogP contribution in [0.25, 0.3) is 0 Å². The van der Waals surface area contributed by atoms with E-state index in [1.807, 2.05) is 26.0 Å². The van der Waals surface area contributed by atoms with E-state index in [4.69, 9.17) is 9.26 Å². The Balaban J connectivity index is 1.51. The number of nitrogens with zero attached hydrogens (tertiary/aromatic N) is 2. The van der Waals surface area contributed by atoms with E-state index in [1.54, 1.807) is 0 Å². The van der Waals surface area contributed by atoms with Crippen LogP contribution in [0.1, 0.15) is 49.7 Å². The number of fused-ring (bicyclic) bond motifs is 1. The Kier molecular flexibility index (Phi) is 5.03. The van der Waals surface area contributed by atoms with Crippen LogP contribution in [0.3, 0.4) is 0 Å². The molecule has 0 fully saturated rings. The van der Waals surface area contributed by atoms with E-state index in [-0.39, 0.29) is 24.2 Å². The second-order valence-corrected chi connectivity index (χ2v) is 6.63. The van der Waals surface area contributed by atoms with Crippen molar-refractivity contribution in [2.45, 2.75) is 51.8 Å². The first-order chi connectivity index (χ1) is 12.0. The molecule has 25 heavy (non-hydrogen) atoms. The van der Waals surface area contributed by atoms with E-state index < -0.39 is 0 Å². The maximum Gasteiger partial charge on any atom is 0.315 e. The molecule has 1 aliphatic rings. The first-order valence-corrected chi connectivity index (χ1v) is 8.56. The van der Waals surface area contributed by atoms with Gasteiger partial charge in [-0.25, -0.2) is 4.79 Å². The van der Waals surface area contributed by atoms with Gasteiger partial charge >= 0.3 is 6.03 Å². The second kappa shape index (κ2) is 7.23. The van der Waals surface area contributed by atoms with Crippen LogP contribution >= 0.6 is 0 Å². The number of hydrogen-bond donors (Lipinski definition) is 2. The molecule has 2 aromatic rings. The maximum absolute atomic E-state index is 12.2. The molecule has 0 saturated carbocycles. The van der Waals surface area contributed by atoms with Crippen molar-refractivity contribution < 1.29 is 14.1 Å². The van der Waals surface area contributed by atoms with Crippen LogP contribution in [0.4, 0.5) is 4.79 Å². The first-order valence-electron chi connectivity index (χ1n) is 8.56. The van der Waals surface area contributed by atoms with Gasteiger partial charge < -0.3 is 19.9 Å². The summed E-state index contributed by atoms with van der Waals surface area (Å²) in [6.07, 6.45) is 1.42. The summed E-state index contributed by atoms with van der Waals surface area (Å²) in [5.74, 6) is 0.842. The predicted octanol–water partition coefficient (Wildman–Crippen LogP) is 2.52. The summed E-state index contributed by atoms with van der Waals surface area (Å²) in [6.45, 7) is 6.58. The highest BCUT2D eigenvalue weighted by atomic mass is 16.5. The predicted molar refractivity (Wildman–Crippen MR) is 92.0 cm³/mol. The zero-order valence-corrected chi connectivity index (χ0v) is 14.8. The lowest BCUT2D eigenvalue weighted by Gasteiger charge is -2.25. The van der Waals surface area contributed by atoms with Gasteiger partial charge in [-0.2, -0.15) is 4.98 Å². The summed E-state index contributed by atoms with van der Waals surface area (Å²) in [6, 6.07) is 8.04. The van der Waals surface area contributed by atoms with Crippen molar-refractivity contribution in [3.63, 3.8) is 0 Å². The van der Waals surface area contributed by atoms with Crippen molar-refractivity contribution >= 4 is 6.03 Å². The van der Waals surface area contributed by atoms with Crippen LogP contribution in [0.15, 0.2) is 28.8 Å². The molecule has 0 saturated heterocycles. The van der Waals surface area contributed by atoms with Gasteiger partial charge in [0.15, 0.2) is 5.82 Å². The smallest absolute Gasteiger partial charge is 0.315 e. The fraction of sp³-hybridized carbons (Fsp3) is 0.500. The highest BCUT2D eigenvalue weighted by molar-refractivity contribution is 5.75. The van der Waals surface area contributed by atoms with Crippen molar-refractivity contribution in [2.24, 2.45) is 0 Å². The summed E-state index contributed by atoms with van der Waals surface area (Å²) in [5, 5.41) is 9.71. The fourth-order valence-corrected chi connectivity index (χ4v) is 3.20. The number of aromatic nitrogens is 2. The van der Waals surface area contributed by atoms with Crippen molar-refractivity contribution in [2.75, 3.05) is 6.61 Å². The van der Waals surface area contributed by atoms with E-state index in [2.05, 4.69) is 39.8 Å². The molecule has 7 heteroatoms. The van der Waals surface area contributed by atoms with Crippen LogP contribution in [0.5, 0.6) is 0 Å². The largest absolute Gasteiger partial charge is 0.371 e. The molecule has 0 aliphatic heterocycles. The summed E-state index contributed by atoms with van der Waals surface area (Å²) < 4.78 is 10.6. The highest BCUT2D eigenvalue weighted by Gasteiger charge is 2.33. The van der Waals surface area contributed by atoms with Gasteiger partial charge in [-0.05, 0) is 44.7 Å². The molecule has 134 valence electrons. The molecule has 1 unspecified atom stereocenters. The van der Waals surface area contributed by atoms with Gasteiger partial charge in [0.05, 0.1) is 6.54 Å². The van der Waals surface area contributed by atoms with Crippen LogP contribution < -0.4 is 10.6 Å². The van der Waals surface area contributed by atoms with Crippen LogP contribution in [-0.4, -0.2) is 28.3 Å². The Morgan fingerprint density at radius 3 is 2.68 bits per heavy atom. The van der Waals surface area contributed by atoms with Crippen molar-refractivity contribution in [3.05, 3.63) is 47.1 Å². The molecular weight excluding hydrogens is 320 g/mol. The minimum Gasteiger partial charge on any atom is -0.371 e. The normalized spacial score (nSPS) is 16.3. The highest BCUT2D eigenvalue weighted by Crippen LogP contribution is 2.29. The van der Waals surface area contributed by atoms with E-state index >= 15 is 0 Å². The standard InChI is InChI=1S/C18H24N4O3/c1-4-24-12(2)16-20-15(25-22-16)11-19-17(23)21-18(3)9-13-7-5-6-8-14(13)10-18/h5-8,12H,4,9-11H2,1-3H3,(H2,19,21,23). The zero-order chi connectivity index (χ0) is 17.9. The SMILES string of the molecule is CCOC(C)c1noc(CNC(=O)NC2(C)Cc3ccccc3C2)n1. The van der Waals surface area contributed by atoms with E-state index in [1.165, 1.54) is 11.1 Å². The number of benzene rings is 1. The third-order valence-corrected chi connectivity index (χ3v) is 4.36. The monoisotopic (exact) mass is 344 g/mol. The minimum absolute atomic E-state index is 0.181. The summed E-state index contributed by atoms with van der Waals surface area (Å²) in [7, 11) is 0. The fourth-order valence-electron chi connectivity index (χ4n) is 3.20. The first kappa shape index (κ1) is 17.4. The molecule has 3 rings (SSSR count). The third-order valence-electron chi connectivity index (χ3n) is 4.36. The topological polar surface area (TPSA) is 89.3 Å². The molecule has 1 heterocycles. The molecular formula is C18H24N4O3.